The number of benzene rings is 1. The maximum atomic E-state index is 12.7. The van der Waals surface area contributed by atoms with Crippen LogP contribution in [-0.2, 0) is 4.79 Å². The molecule has 27 heavy (non-hydrogen) atoms. The van der Waals surface area contributed by atoms with Gasteiger partial charge in [-0.15, -0.1) is 0 Å². The number of fused-ring (bicyclic) bond motifs is 1. The summed E-state index contributed by atoms with van der Waals surface area (Å²) in [6, 6.07) is 5.99. The van der Waals surface area contributed by atoms with Gasteiger partial charge in [0.25, 0.3) is 5.71 Å². The van der Waals surface area contributed by atoms with Crippen LogP contribution in [0.2, 0.25) is 0 Å². The van der Waals surface area contributed by atoms with Gasteiger partial charge in [0, 0.05) is 24.7 Å². The summed E-state index contributed by atoms with van der Waals surface area (Å²) < 4.78 is 5.23. The van der Waals surface area contributed by atoms with Crippen molar-refractivity contribution in [2.75, 3.05) is 23.3 Å². The zero-order valence-electron chi connectivity index (χ0n) is 15.8. The summed E-state index contributed by atoms with van der Waals surface area (Å²) in [5.41, 5.74) is 4.50. The lowest BCUT2D eigenvalue weighted by Crippen LogP contribution is -2.38. The van der Waals surface area contributed by atoms with E-state index in [1.165, 1.54) is 11.9 Å². The second-order valence-electron chi connectivity index (χ2n) is 7.14. The first-order valence-corrected chi connectivity index (χ1v) is 9.23. The van der Waals surface area contributed by atoms with Crippen LogP contribution >= 0.6 is 0 Å². The van der Waals surface area contributed by atoms with Gasteiger partial charge in [0.15, 0.2) is 0 Å². The van der Waals surface area contributed by atoms with Gasteiger partial charge in [-0.1, -0.05) is 17.3 Å². The quantitative estimate of drug-likeness (QED) is 0.766. The highest BCUT2D eigenvalue weighted by Gasteiger charge is 2.28. The summed E-state index contributed by atoms with van der Waals surface area (Å²) in [4.78, 5) is 23.5. The van der Waals surface area contributed by atoms with Crippen LogP contribution in [0.15, 0.2) is 29.0 Å². The zero-order chi connectivity index (χ0) is 19.0. The number of hydrogen-bond donors (Lipinski definition) is 1. The molecule has 1 aliphatic heterocycles. The van der Waals surface area contributed by atoms with Crippen molar-refractivity contribution in [1.82, 2.24) is 15.1 Å². The van der Waals surface area contributed by atoms with Crippen molar-refractivity contribution in [2.24, 2.45) is 5.92 Å². The molecule has 1 fully saturated rings. The standard InChI is InChI=1S/C20H23N5O2/c1-12-5-4-6-16(13(12)2)23-19(26)15-7-9-25(10-8-15)18-17-14(3)24-27-20(17)22-11-21-18/h4-6,11,15H,7-10H2,1-3H3,(H,23,26). The molecule has 0 saturated carbocycles. The van der Waals surface area contributed by atoms with Crippen LogP contribution in [0.25, 0.3) is 11.1 Å². The third kappa shape index (κ3) is 3.25. The smallest absolute Gasteiger partial charge is 0.263 e. The van der Waals surface area contributed by atoms with Crippen molar-refractivity contribution < 1.29 is 9.32 Å². The number of aromatic nitrogens is 3. The van der Waals surface area contributed by atoms with Gasteiger partial charge in [-0.25, -0.2) is 4.98 Å². The van der Waals surface area contributed by atoms with Gasteiger partial charge in [-0.05, 0) is 50.8 Å². The van der Waals surface area contributed by atoms with Gasteiger partial charge in [0.2, 0.25) is 5.91 Å². The lowest BCUT2D eigenvalue weighted by molar-refractivity contribution is -0.120. The molecule has 0 aliphatic carbocycles. The van der Waals surface area contributed by atoms with Crippen LogP contribution < -0.4 is 10.2 Å². The maximum Gasteiger partial charge on any atom is 0.263 e. The number of carbonyl (C=O) groups is 1. The van der Waals surface area contributed by atoms with Crippen molar-refractivity contribution in [3.05, 3.63) is 41.3 Å². The van der Waals surface area contributed by atoms with E-state index < -0.39 is 0 Å². The third-order valence-electron chi connectivity index (χ3n) is 5.45. The Hall–Kier alpha value is -2.96. The average molecular weight is 365 g/mol. The molecule has 1 aromatic carbocycles. The van der Waals surface area contributed by atoms with Gasteiger partial charge in [-0.2, -0.15) is 4.98 Å². The Balaban J connectivity index is 1.45. The van der Waals surface area contributed by atoms with E-state index in [-0.39, 0.29) is 11.8 Å². The molecule has 140 valence electrons. The number of anilines is 2. The molecule has 1 amide bonds. The molecule has 0 bridgehead atoms. The van der Waals surface area contributed by atoms with Crippen molar-refractivity contribution >= 4 is 28.5 Å². The summed E-state index contributed by atoms with van der Waals surface area (Å²) in [5, 5.41) is 7.95. The third-order valence-corrected chi connectivity index (χ3v) is 5.45. The van der Waals surface area contributed by atoms with Gasteiger partial charge in [0.05, 0.1) is 5.69 Å². The van der Waals surface area contributed by atoms with E-state index in [1.54, 1.807) is 0 Å². The molecule has 0 atom stereocenters. The number of rotatable bonds is 3. The topological polar surface area (TPSA) is 84.2 Å². The SMILES string of the molecule is Cc1cccc(NC(=O)C2CCN(c3ncnc4onc(C)c34)CC2)c1C. The predicted octanol–water partition coefficient (Wildman–Crippen LogP) is 3.40. The molecule has 3 heterocycles. The van der Waals surface area contributed by atoms with Crippen molar-refractivity contribution in [3.8, 4) is 0 Å². The number of carbonyl (C=O) groups excluding carboxylic acids is 1. The molecule has 4 rings (SSSR count). The first-order chi connectivity index (χ1) is 13.0. The van der Waals surface area contributed by atoms with Crippen molar-refractivity contribution in [3.63, 3.8) is 0 Å². The zero-order valence-corrected chi connectivity index (χ0v) is 15.8. The monoisotopic (exact) mass is 365 g/mol. The molecule has 0 spiro atoms. The van der Waals surface area contributed by atoms with E-state index in [4.69, 9.17) is 4.52 Å². The normalized spacial score (nSPS) is 15.3. The van der Waals surface area contributed by atoms with E-state index >= 15 is 0 Å². The highest BCUT2D eigenvalue weighted by atomic mass is 16.5. The minimum Gasteiger partial charge on any atom is -0.356 e. The first kappa shape index (κ1) is 17.5. The molecule has 3 aromatic rings. The average Bonchev–Trinajstić information content (AvgIpc) is 3.07. The Labute approximate surface area is 157 Å². The summed E-state index contributed by atoms with van der Waals surface area (Å²) in [6.45, 7) is 7.51. The van der Waals surface area contributed by atoms with Crippen LogP contribution in [-0.4, -0.2) is 34.1 Å². The van der Waals surface area contributed by atoms with E-state index in [2.05, 4.69) is 38.3 Å². The van der Waals surface area contributed by atoms with Crippen LogP contribution in [0.5, 0.6) is 0 Å². The summed E-state index contributed by atoms with van der Waals surface area (Å²) in [6.07, 6.45) is 3.07. The maximum absolute atomic E-state index is 12.7. The molecule has 2 aromatic heterocycles. The summed E-state index contributed by atoms with van der Waals surface area (Å²) in [7, 11) is 0. The second kappa shape index (κ2) is 6.98. The lowest BCUT2D eigenvalue weighted by atomic mass is 9.95. The largest absolute Gasteiger partial charge is 0.356 e. The predicted molar refractivity (Wildman–Crippen MR) is 104 cm³/mol. The Morgan fingerprint density at radius 1 is 1.19 bits per heavy atom. The molecule has 7 nitrogen and oxygen atoms in total. The fraction of sp³-hybridized carbons (Fsp3) is 0.400. The Bertz CT molecular complexity index is 989. The molecule has 1 aliphatic rings. The minimum atomic E-state index is 0.00191. The summed E-state index contributed by atoms with van der Waals surface area (Å²) >= 11 is 0. The molecular formula is C20H23N5O2. The number of nitrogens with one attached hydrogen (secondary N) is 1. The molecule has 7 heteroatoms. The Kier molecular flexibility index (Phi) is 4.51. The first-order valence-electron chi connectivity index (χ1n) is 9.23. The van der Waals surface area contributed by atoms with Crippen LogP contribution in [0, 0.1) is 26.7 Å². The Morgan fingerprint density at radius 2 is 1.96 bits per heavy atom. The van der Waals surface area contributed by atoms with Crippen molar-refractivity contribution in [2.45, 2.75) is 33.6 Å². The number of hydrogen-bond acceptors (Lipinski definition) is 6. The number of nitrogens with zero attached hydrogens (tertiary/aromatic N) is 4. The number of amides is 1. The molecule has 0 unspecified atom stereocenters. The van der Waals surface area contributed by atoms with Gasteiger partial charge < -0.3 is 14.7 Å². The van der Waals surface area contributed by atoms with Crippen LogP contribution in [0.4, 0.5) is 11.5 Å². The second-order valence-corrected chi connectivity index (χ2v) is 7.14. The van der Waals surface area contributed by atoms with Gasteiger partial charge in [0.1, 0.15) is 17.5 Å². The molecular weight excluding hydrogens is 342 g/mol. The van der Waals surface area contributed by atoms with E-state index in [0.29, 0.717) is 5.71 Å². The van der Waals surface area contributed by atoms with Gasteiger partial charge >= 0.3 is 0 Å². The number of aryl methyl sites for hydroxylation is 2. The highest BCUT2D eigenvalue weighted by Crippen LogP contribution is 2.30. The Morgan fingerprint density at radius 3 is 2.74 bits per heavy atom. The molecule has 1 N–H and O–H groups in total. The van der Waals surface area contributed by atoms with E-state index in [1.807, 2.05) is 26.0 Å². The molecule has 0 radical (unpaired) electrons. The van der Waals surface area contributed by atoms with E-state index in [9.17, 15) is 4.79 Å². The van der Waals surface area contributed by atoms with Crippen molar-refractivity contribution in [1.29, 1.82) is 0 Å². The van der Waals surface area contributed by atoms with Gasteiger partial charge in [-0.3, -0.25) is 4.79 Å². The van der Waals surface area contributed by atoms with Crippen LogP contribution in [0.3, 0.4) is 0 Å². The fourth-order valence-corrected chi connectivity index (χ4v) is 3.62. The van der Waals surface area contributed by atoms with Crippen LogP contribution in [0.1, 0.15) is 29.7 Å². The number of piperidine rings is 1. The fourth-order valence-electron chi connectivity index (χ4n) is 3.62. The summed E-state index contributed by atoms with van der Waals surface area (Å²) in [5.74, 6) is 0.937. The highest BCUT2D eigenvalue weighted by molar-refractivity contribution is 5.94. The molecule has 1 saturated heterocycles. The van der Waals surface area contributed by atoms with E-state index in [0.717, 1.165) is 54.1 Å². The lowest BCUT2D eigenvalue weighted by Gasteiger charge is -2.32. The minimum absolute atomic E-state index is 0.00191.